The van der Waals surface area contributed by atoms with Crippen molar-refractivity contribution in [2.24, 2.45) is 0 Å². The lowest BCUT2D eigenvalue weighted by Gasteiger charge is -2.38. The maximum Gasteiger partial charge on any atom is 0.0679 e. The zero-order valence-electron chi connectivity index (χ0n) is 13.2. The fraction of sp³-hybridized carbons (Fsp3) is 0.667. The Labute approximate surface area is 132 Å². The van der Waals surface area contributed by atoms with E-state index in [1.165, 1.54) is 36.9 Å². The largest absolute Gasteiger partial charge is 0.399 e. The van der Waals surface area contributed by atoms with Crippen LogP contribution >= 0.6 is 0 Å². The number of likely N-dealkylation sites (tertiary alicyclic amines) is 1. The van der Waals surface area contributed by atoms with E-state index in [4.69, 9.17) is 5.73 Å². The number of nitrogens with zero attached hydrogens (tertiary/aromatic N) is 2. The monoisotopic (exact) mass is 301 g/mol. The molecule has 3 fully saturated rings. The van der Waals surface area contributed by atoms with Crippen LogP contribution in [0.4, 0.5) is 11.4 Å². The molecule has 4 rings (SSSR count). The lowest BCUT2D eigenvalue weighted by Crippen LogP contribution is -2.44. The predicted octanol–water partition coefficient (Wildman–Crippen LogP) is 2.18. The maximum absolute atomic E-state index is 9.71. The quantitative estimate of drug-likeness (QED) is 0.840. The standard InChI is InChI=1S/C18H27N3O/c19-15-9-14(13-1-2-13)10-17(11-15)20-6-3-16(4-7-20)21-8-5-18(22)12-21/h9-11,13,16,18,22H,1-8,12,19H2. The van der Waals surface area contributed by atoms with Gasteiger partial charge in [-0.3, -0.25) is 4.90 Å². The molecule has 1 aromatic rings. The molecule has 1 saturated carbocycles. The summed E-state index contributed by atoms with van der Waals surface area (Å²) in [7, 11) is 0. The first kappa shape index (κ1) is 14.3. The van der Waals surface area contributed by atoms with E-state index in [0.717, 1.165) is 44.2 Å². The third-order valence-electron chi connectivity index (χ3n) is 5.55. The third-order valence-corrected chi connectivity index (χ3v) is 5.55. The van der Waals surface area contributed by atoms with Crippen LogP contribution in [0.1, 0.15) is 43.6 Å². The average molecular weight is 301 g/mol. The Kier molecular flexibility index (Phi) is 3.74. The van der Waals surface area contributed by atoms with Crippen LogP contribution < -0.4 is 10.6 Å². The zero-order valence-corrected chi connectivity index (χ0v) is 13.2. The van der Waals surface area contributed by atoms with Crippen LogP contribution in [0.2, 0.25) is 0 Å². The minimum atomic E-state index is -0.104. The van der Waals surface area contributed by atoms with Crippen LogP contribution in [-0.2, 0) is 0 Å². The molecule has 2 saturated heterocycles. The second-order valence-electron chi connectivity index (χ2n) is 7.29. The van der Waals surface area contributed by atoms with Crippen molar-refractivity contribution in [2.75, 3.05) is 36.8 Å². The van der Waals surface area contributed by atoms with Gasteiger partial charge in [-0.1, -0.05) is 0 Å². The van der Waals surface area contributed by atoms with E-state index in [-0.39, 0.29) is 6.10 Å². The highest BCUT2D eigenvalue weighted by molar-refractivity contribution is 5.59. The summed E-state index contributed by atoms with van der Waals surface area (Å²) in [4.78, 5) is 4.97. The Bertz CT molecular complexity index is 535. The molecule has 4 nitrogen and oxygen atoms in total. The van der Waals surface area contributed by atoms with Crippen molar-refractivity contribution in [3.63, 3.8) is 0 Å². The van der Waals surface area contributed by atoms with Crippen LogP contribution in [0.15, 0.2) is 18.2 Å². The molecule has 0 radical (unpaired) electrons. The van der Waals surface area contributed by atoms with Crippen molar-refractivity contribution in [1.29, 1.82) is 0 Å². The number of aliphatic hydroxyl groups is 1. The second kappa shape index (κ2) is 5.74. The van der Waals surface area contributed by atoms with Gasteiger partial charge >= 0.3 is 0 Å². The number of anilines is 2. The molecule has 4 heteroatoms. The molecule has 0 spiro atoms. The summed E-state index contributed by atoms with van der Waals surface area (Å²) in [6, 6.07) is 7.29. The van der Waals surface area contributed by atoms with Gasteiger partial charge in [-0.2, -0.15) is 0 Å². The van der Waals surface area contributed by atoms with E-state index in [1.807, 2.05) is 0 Å². The molecule has 22 heavy (non-hydrogen) atoms. The predicted molar refractivity (Wildman–Crippen MR) is 90.3 cm³/mol. The van der Waals surface area contributed by atoms with Crippen molar-refractivity contribution in [3.8, 4) is 0 Å². The smallest absolute Gasteiger partial charge is 0.0679 e. The summed E-state index contributed by atoms with van der Waals surface area (Å²) < 4.78 is 0. The van der Waals surface area contributed by atoms with Crippen molar-refractivity contribution >= 4 is 11.4 Å². The number of rotatable bonds is 3. The fourth-order valence-electron chi connectivity index (χ4n) is 4.08. The van der Waals surface area contributed by atoms with Crippen LogP contribution in [0.25, 0.3) is 0 Å². The molecule has 1 atom stereocenters. The lowest BCUT2D eigenvalue weighted by molar-refractivity contribution is 0.148. The number of benzene rings is 1. The minimum absolute atomic E-state index is 0.104. The van der Waals surface area contributed by atoms with Gasteiger partial charge in [0.15, 0.2) is 0 Å². The van der Waals surface area contributed by atoms with Crippen LogP contribution in [0.5, 0.6) is 0 Å². The number of β-amino-alcohol motifs (C(OH)–C–C–N with tert-alkyl or cyclic N) is 1. The molecule has 2 aliphatic heterocycles. The number of piperidine rings is 1. The van der Waals surface area contributed by atoms with Gasteiger partial charge in [0, 0.05) is 43.6 Å². The Hall–Kier alpha value is -1.26. The topological polar surface area (TPSA) is 52.7 Å². The van der Waals surface area contributed by atoms with Gasteiger partial charge in [0.2, 0.25) is 0 Å². The normalized spacial score (nSPS) is 27.5. The molecule has 0 aromatic heterocycles. The molecule has 3 N–H and O–H groups in total. The van der Waals surface area contributed by atoms with E-state index in [1.54, 1.807) is 0 Å². The Balaban J connectivity index is 1.41. The molecule has 1 unspecified atom stereocenters. The molecule has 0 bridgehead atoms. The lowest BCUT2D eigenvalue weighted by atomic mass is 10.0. The minimum Gasteiger partial charge on any atom is -0.399 e. The van der Waals surface area contributed by atoms with Crippen molar-refractivity contribution in [1.82, 2.24) is 4.90 Å². The molecular formula is C18H27N3O. The molecule has 1 aliphatic carbocycles. The number of aliphatic hydroxyl groups excluding tert-OH is 1. The first-order valence-electron chi connectivity index (χ1n) is 8.76. The number of nitrogens with two attached hydrogens (primary N) is 1. The van der Waals surface area contributed by atoms with Gasteiger partial charge in [-0.15, -0.1) is 0 Å². The molecule has 0 amide bonds. The van der Waals surface area contributed by atoms with E-state index in [0.29, 0.717) is 6.04 Å². The summed E-state index contributed by atoms with van der Waals surface area (Å²) in [5.41, 5.74) is 9.76. The third kappa shape index (κ3) is 2.95. The van der Waals surface area contributed by atoms with Gasteiger partial charge in [0.25, 0.3) is 0 Å². The fourth-order valence-corrected chi connectivity index (χ4v) is 4.08. The van der Waals surface area contributed by atoms with E-state index < -0.39 is 0 Å². The summed E-state index contributed by atoms with van der Waals surface area (Å²) in [6.45, 7) is 4.14. The molecule has 120 valence electrons. The first-order chi connectivity index (χ1) is 10.7. The summed E-state index contributed by atoms with van der Waals surface area (Å²) >= 11 is 0. The van der Waals surface area contributed by atoms with Gasteiger partial charge in [0.05, 0.1) is 6.10 Å². The van der Waals surface area contributed by atoms with Crippen LogP contribution in [-0.4, -0.2) is 48.3 Å². The zero-order chi connectivity index (χ0) is 15.1. The van der Waals surface area contributed by atoms with Gasteiger partial charge in [-0.05, 0) is 61.8 Å². The van der Waals surface area contributed by atoms with Crippen molar-refractivity contribution in [3.05, 3.63) is 23.8 Å². The highest BCUT2D eigenvalue weighted by atomic mass is 16.3. The first-order valence-corrected chi connectivity index (χ1v) is 8.76. The average Bonchev–Trinajstić information content (AvgIpc) is 3.29. The number of hydrogen-bond donors (Lipinski definition) is 2. The van der Waals surface area contributed by atoms with Gasteiger partial charge in [-0.25, -0.2) is 0 Å². The summed E-state index contributed by atoms with van der Waals surface area (Å²) in [6.07, 6.45) is 5.87. The molecule has 2 heterocycles. The molecular weight excluding hydrogens is 274 g/mol. The SMILES string of the molecule is Nc1cc(C2CC2)cc(N2CCC(N3CCC(O)C3)CC2)c1. The van der Waals surface area contributed by atoms with E-state index in [9.17, 15) is 5.11 Å². The van der Waals surface area contributed by atoms with Crippen LogP contribution in [0.3, 0.4) is 0 Å². The van der Waals surface area contributed by atoms with Gasteiger partial charge in [0.1, 0.15) is 0 Å². The Morgan fingerprint density at radius 3 is 2.36 bits per heavy atom. The number of hydrogen-bond acceptors (Lipinski definition) is 4. The highest BCUT2D eigenvalue weighted by Crippen LogP contribution is 2.42. The second-order valence-corrected chi connectivity index (χ2v) is 7.29. The summed E-state index contributed by atoms with van der Waals surface area (Å²) in [5.74, 6) is 0.755. The molecule has 1 aromatic carbocycles. The van der Waals surface area contributed by atoms with Crippen LogP contribution in [0, 0.1) is 0 Å². The van der Waals surface area contributed by atoms with Gasteiger partial charge < -0.3 is 15.7 Å². The molecule has 3 aliphatic rings. The Morgan fingerprint density at radius 1 is 0.955 bits per heavy atom. The maximum atomic E-state index is 9.71. The van der Waals surface area contributed by atoms with Crippen molar-refractivity contribution < 1.29 is 5.11 Å². The van der Waals surface area contributed by atoms with E-state index in [2.05, 4.69) is 28.0 Å². The van der Waals surface area contributed by atoms with E-state index >= 15 is 0 Å². The Morgan fingerprint density at radius 2 is 1.73 bits per heavy atom. The summed E-state index contributed by atoms with van der Waals surface area (Å²) in [5, 5.41) is 9.71. The van der Waals surface area contributed by atoms with Crippen molar-refractivity contribution in [2.45, 2.75) is 50.2 Å². The number of nitrogen functional groups attached to an aromatic ring is 1. The highest BCUT2D eigenvalue weighted by Gasteiger charge is 2.30.